The molecule has 1 N–H and O–H groups in total. The molecule has 0 fully saturated rings. The van der Waals surface area contributed by atoms with Gasteiger partial charge in [0.25, 0.3) is 5.91 Å². The summed E-state index contributed by atoms with van der Waals surface area (Å²) in [5, 5.41) is 11.2. The third kappa shape index (κ3) is 5.31. The average molecular weight is 337 g/mol. The number of hydrogen-bond donors (Lipinski definition) is 1. The largest absolute Gasteiger partial charge is 0.483 e. The minimum Gasteiger partial charge on any atom is -0.483 e. The fraction of sp³-hybridized carbons (Fsp3) is 0.400. The van der Waals surface area contributed by atoms with E-state index in [-0.39, 0.29) is 12.5 Å². The molecule has 5 nitrogen and oxygen atoms in total. The summed E-state index contributed by atoms with van der Waals surface area (Å²) in [5.41, 5.74) is 1.00. The number of ether oxygens (including phenoxy) is 1. The van der Waals surface area contributed by atoms with Crippen molar-refractivity contribution in [2.45, 2.75) is 31.0 Å². The number of nitrogens with one attached hydrogen (secondary N) is 1. The number of aryl methyl sites for hydroxylation is 1. The summed E-state index contributed by atoms with van der Waals surface area (Å²) >= 11 is 3.06. The molecule has 0 radical (unpaired) electrons. The van der Waals surface area contributed by atoms with Gasteiger partial charge in [-0.25, -0.2) is 0 Å². The molecule has 0 saturated heterocycles. The third-order valence-corrected chi connectivity index (χ3v) is 4.89. The number of carbonyl (C=O) groups is 1. The molecule has 0 saturated carbocycles. The molecule has 0 aliphatic rings. The van der Waals surface area contributed by atoms with Crippen LogP contribution in [0.15, 0.2) is 28.6 Å². The Morgan fingerprint density at radius 2 is 2.18 bits per heavy atom. The van der Waals surface area contributed by atoms with E-state index in [1.807, 2.05) is 31.2 Å². The molecular formula is C15H19N3O2S2. The fourth-order valence-corrected chi connectivity index (χ4v) is 3.56. The second-order valence-electron chi connectivity index (χ2n) is 4.68. The van der Waals surface area contributed by atoms with E-state index < -0.39 is 0 Å². The summed E-state index contributed by atoms with van der Waals surface area (Å²) < 4.78 is 6.37. The van der Waals surface area contributed by atoms with Gasteiger partial charge in [0, 0.05) is 5.75 Å². The first-order valence-electron chi connectivity index (χ1n) is 7.13. The number of rotatable bonds is 8. The summed E-state index contributed by atoms with van der Waals surface area (Å²) in [6.07, 6.45) is 2.31. The number of unbranched alkanes of at least 4 members (excludes halogenated alkanes) is 1. The quantitative estimate of drug-likeness (QED) is 0.451. The van der Waals surface area contributed by atoms with Crippen LogP contribution in [0.5, 0.6) is 5.75 Å². The lowest BCUT2D eigenvalue weighted by atomic mass is 10.2. The van der Waals surface area contributed by atoms with Crippen LogP contribution in [0.1, 0.15) is 25.3 Å². The SMILES string of the molecule is CCCCSc1nnc(NC(=O)COc2ccccc2C)s1. The predicted octanol–water partition coefficient (Wildman–Crippen LogP) is 3.76. The van der Waals surface area contributed by atoms with Crippen molar-refractivity contribution in [2.24, 2.45) is 0 Å². The van der Waals surface area contributed by atoms with Gasteiger partial charge in [0.2, 0.25) is 5.13 Å². The highest BCUT2D eigenvalue weighted by Gasteiger charge is 2.09. The van der Waals surface area contributed by atoms with Crippen molar-refractivity contribution < 1.29 is 9.53 Å². The Kier molecular flexibility index (Phi) is 6.67. The zero-order valence-corrected chi connectivity index (χ0v) is 14.3. The van der Waals surface area contributed by atoms with Crippen LogP contribution in [0.25, 0.3) is 0 Å². The average Bonchev–Trinajstić information content (AvgIpc) is 2.94. The lowest BCUT2D eigenvalue weighted by Gasteiger charge is -2.07. The second-order valence-corrected chi connectivity index (χ2v) is 7.00. The molecule has 2 rings (SSSR count). The molecule has 1 aromatic heterocycles. The maximum atomic E-state index is 11.9. The van der Waals surface area contributed by atoms with Gasteiger partial charge in [0.05, 0.1) is 0 Å². The third-order valence-electron chi connectivity index (χ3n) is 2.83. The molecule has 1 amide bonds. The van der Waals surface area contributed by atoms with E-state index in [1.165, 1.54) is 11.3 Å². The number of aromatic nitrogens is 2. The molecule has 0 spiro atoms. The van der Waals surface area contributed by atoms with Crippen LogP contribution in [-0.2, 0) is 4.79 Å². The summed E-state index contributed by atoms with van der Waals surface area (Å²) in [4.78, 5) is 11.9. The zero-order chi connectivity index (χ0) is 15.8. The van der Waals surface area contributed by atoms with Gasteiger partial charge in [-0.2, -0.15) is 0 Å². The molecule has 0 bridgehead atoms. The number of anilines is 1. The molecule has 0 unspecified atom stereocenters. The highest BCUT2D eigenvalue weighted by Crippen LogP contribution is 2.26. The Labute approximate surface area is 138 Å². The number of thioether (sulfide) groups is 1. The Hall–Kier alpha value is -1.60. The number of para-hydroxylation sites is 1. The van der Waals surface area contributed by atoms with Gasteiger partial charge in [-0.3, -0.25) is 10.1 Å². The number of nitrogens with zero attached hydrogens (tertiary/aromatic N) is 2. The molecule has 0 aliphatic heterocycles. The monoisotopic (exact) mass is 337 g/mol. The molecule has 1 aromatic carbocycles. The Balaban J connectivity index is 1.78. The maximum absolute atomic E-state index is 11.9. The summed E-state index contributed by atoms with van der Waals surface area (Å²) in [7, 11) is 0. The van der Waals surface area contributed by atoms with Crippen LogP contribution >= 0.6 is 23.1 Å². The van der Waals surface area contributed by atoms with Crippen LogP contribution in [0.4, 0.5) is 5.13 Å². The van der Waals surface area contributed by atoms with Crippen LogP contribution in [0.2, 0.25) is 0 Å². The summed E-state index contributed by atoms with van der Waals surface area (Å²) in [5.74, 6) is 1.50. The zero-order valence-electron chi connectivity index (χ0n) is 12.7. The van der Waals surface area contributed by atoms with E-state index in [9.17, 15) is 4.79 Å². The van der Waals surface area contributed by atoms with Gasteiger partial charge in [0.15, 0.2) is 10.9 Å². The number of hydrogen-bond acceptors (Lipinski definition) is 6. The minimum absolute atomic E-state index is 0.0389. The molecule has 1 heterocycles. The molecule has 0 atom stereocenters. The van der Waals surface area contributed by atoms with Crippen molar-refractivity contribution in [3.05, 3.63) is 29.8 Å². The first kappa shape index (κ1) is 16.8. The fourth-order valence-electron chi connectivity index (χ4n) is 1.64. The Morgan fingerprint density at radius 3 is 2.95 bits per heavy atom. The van der Waals surface area contributed by atoms with Gasteiger partial charge in [-0.15, -0.1) is 10.2 Å². The molecule has 118 valence electrons. The highest BCUT2D eigenvalue weighted by molar-refractivity contribution is 8.01. The Morgan fingerprint density at radius 1 is 1.36 bits per heavy atom. The molecule has 22 heavy (non-hydrogen) atoms. The summed E-state index contributed by atoms with van der Waals surface area (Å²) in [6, 6.07) is 7.60. The van der Waals surface area contributed by atoms with Gasteiger partial charge in [-0.05, 0) is 25.0 Å². The van der Waals surface area contributed by atoms with Crippen LogP contribution < -0.4 is 10.1 Å². The Bertz CT molecular complexity index is 616. The highest BCUT2D eigenvalue weighted by atomic mass is 32.2. The van der Waals surface area contributed by atoms with Gasteiger partial charge in [-0.1, -0.05) is 54.6 Å². The van der Waals surface area contributed by atoms with Crippen molar-refractivity contribution in [3.8, 4) is 5.75 Å². The maximum Gasteiger partial charge on any atom is 0.264 e. The molecular weight excluding hydrogens is 318 g/mol. The van der Waals surface area contributed by atoms with Crippen molar-refractivity contribution in [1.29, 1.82) is 0 Å². The van der Waals surface area contributed by atoms with Crippen LogP contribution in [-0.4, -0.2) is 28.5 Å². The lowest BCUT2D eigenvalue weighted by Crippen LogP contribution is -2.20. The van der Waals surface area contributed by atoms with Crippen LogP contribution in [0.3, 0.4) is 0 Å². The van der Waals surface area contributed by atoms with E-state index in [0.29, 0.717) is 10.9 Å². The van der Waals surface area contributed by atoms with Crippen LogP contribution in [0, 0.1) is 6.92 Å². The predicted molar refractivity (Wildman–Crippen MR) is 90.8 cm³/mol. The van der Waals surface area contributed by atoms with Gasteiger partial charge in [0.1, 0.15) is 5.75 Å². The smallest absolute Gasteiger partial charge is 0.264 e. The van der Waals surface area contributed by atoms with E-state index >= 15 is 0 Å². The number of benzene rings is 1. The number of amides is 1. The normalized spacial score (nSPS) is 10.5. The van der Waals surface area contributed by atoms with E-state index in [1.54, 1.807) is 11.8 Å². The number of carbonyl (C=O) groups excluding carboxylic acids is 1. The lowest BCUT2D eigenvalue weighted by molar-refractivity contribution is -0.118. The van der Waals surface area contributed by atoms with Crippen molar-refractivity contribution in [1.82, 2.24) is 10.2 Å². The topological polar surface area (TPSA) is 64.1 Å². The van der Waals surface area contributed by atoms with E-state index in [0.717, 1.165) is 28.5 Å². The molecule has 7 heteroatoms. The van der Waals surface area contributed by atoms with Crippen molar-refractivity contribution in [2.75, 3.05) is 17.7 Å². The minimum atomic E-state index is -0.232. The molecule has 0 aliphatic carbocycles. The van der Waals surface area contributed by atoms with E-state index in [2.05, 4.69) is 22.4 Å². The van der Waals surface area contributed by atoms with E-state index in [4.69, 9.17) is 4.74 Å². The standard InChI is InChI=1S/C15H19N3O2S2/c1-3-4-9-21-15-18-17-14(22-15)16-13(19)10-20-12-8-6-5-7-11(12)2/h5-8H,3-4,9-10H2,1-2H3,(H,16,17,19). The first-order chi connectivity index (χ1) is 10.7. The van der Waals surface area contributed by atoms with Crippen molar-refractivity contribution in [3.63, 3.8) is 0 Å². The van der Waals surface area contributed by atoms with Gasteiger partial charge >= 0.3 is 0 Å². The first-order valence-corrected chi connectivity index (χ1v) is 8.94. The summed E-state index contributed by atoms with van der Waals surface area (Å²) in [6.45, 7) is 4.06. The second kappa shape index (κ2) is 8.75. The van der Waals surface area contributed by atoms with Crippen molar-refractivity contribution >= 4 is 34.1 Å². The van der Waals surface area contributed by atoms with Gasteiger partial charge < -0.3 is 4.74 Å². The molecule has 2 aromatic rings.